The van der Waals surface area contributed by atoms with Gasteiger partial charge in [-0.1, -0.05) is 32.4 Å². The summed E-state index contributed by atoms with van der Waals surface area (Å²) < 4.78 is 0. The average molecular weight is 300 g/mol. The van der Waals surface area contributed by atoms with Gasteiger partial charge in [-0.15, -0.1) is 0 Å². The third-order valence-electron chi connectivity index (χ3n) is 5.56. The van der Waals surface area contributed by atoms with Crippen molar-refractivity contribution in [3.05, 3.63) is 33.9 Å². The Morgan fingerprint density at radius 1 is 1.05 bits per heavy atom. The number of hydrogen-bond donors (Lipinski definition) is 0. The number of anilines is 1. The van der Waals surface area contributed by atoms with E-state index in [9.17, 15) is 0 Å². The van der Waals surface area contributed by atoms with E-state index in [4.69, 9.17) is 0 Å². The van der Waals surface area contributed by atoms with Crippen LogP contribution < -0.4 is 4.90 Å². The summed E-state index contributed by atoms with van der Waals surface area (Å²) in [4.78, 5) is 2.64. The third kappa shape index (κ3) is 2.71. The summed E-state index contributed by atoms with van der Waals surface area (Å²) in [5.74, 6) is 1.16. The highest BCUT2D eigenvalue weighted by atomic mass is 15.2. The molecule has 0 spiro atoms. The molecule has 0 saturated carbocycles. The van der Waals surface area contributed by atoms with Crippen LogP contribution in [0.1, 0.15) is 76.6 Å². The van der Waals surface area contributed by atoms with E-state index in [-0.39, 0.29) is 0 Å². The van der Waals surface area contributed by atoms with Crippen molar-refractivity contribution in [3.63, 3.8) is 0 Å². The maximum atomic E-state index is 2.64. The fraction of sp³-hybridized carbons (Fsp3) is 0.619. The molecule has 1 aromatic carbocycles. The Bertz CT molecular complexity index is 605. The van der Waals surface area contributed by atoms with Gasteiger partial charge in [-0.2, -0.15) is 0 Å². The molecule has 0 unspecified atom stereocenters. The first-order valence-electron chi connectivity index (χ1n) is 8.75. The summed E-state index contributed by atoms with van der Waals surface area (Å²) in [6, 6.07) is 2.95. The first kappa shape index (κ1) is 17.1. The highest BCUT2D eigenvalue weighted by Gasteiger charge is 2.28. The summed E-state index contributed by atoms with van der Waals surface area (Å²) in [5.41, 5.74) is 10.4. The van der Waals surface area contributed by atoms with Crippen molar-refractivity contribution in [2.24, 2.45) is 5.92 Å². The summed E-state index contributed by atoms with van der Waals surface area (Å²) in [6.45, 7) is 22.0. The van der Waals surface area contributed by atoms with Crippen LogP contribution in [-0.4, -0.2) is 12.6 Å². The van der Waals surface area contributed by atoms with Crippen LogP contribution in [0.2, 0.25) is 0 Å². The highest BCUT2D eigenvalue weighted by Crippen LogP contribution is 2.44. The van der Waals surface area contributed by atoms with E-state index in [1.807, 2.05) is 0 Å². The first-order chi connectivity index (χ1) is 10.2. The number of rotatable bonds is 2. The largest absolute Gasteiger partial charge is 0.368 e. The molecule has 2 rings (SSSR count). The Morgan fingerprint density at radius 2 is 1.64 bits per heavy atom. The molecule has 1 aliphatic rings. The number of aryl methyl sites for hydroxylation is 1. The predicted octanol–water partition coefficient (Wildman–Crippen LogP) is 6.08. The Hall–Kier alpha value is -1.24. The Labute approximate surface area is 137 Å². The molecule has 0 aliphatic carbocycles. The van der Waals surface area contributed by atoms with Gasteiger partial charge >= 0.3 is 0 Å². The first-order valence-corrected chi connectivity index (χ1v) is 8.75. The summed E-state index contributed by atoms with van der Waals surface area (Å²) >= 11 is 0. The van der Waals surface area contributed by atoms with Crippen LogP contribution in [0, 0.1) is 19.8 Å². The third-order valence-corrected chi connectivity index (χ3v) is 5.56. The van der Waals surface area contributed by atoms with Gasteiger partial charge in [-0.3, -0.25) is 0 Å². The second-order valence-corrected chi connectivity index (χ2v) is 7.74. The Morgan fingerprint density at radius 3 is 2.14 bits per heavy atom. The molecule has 1 nitrogen and oxygen atoms in total. The molecule has 0 aromatic heterocycles. The highest BCUT2D eigenvalue weighted by molar-refractivity contribution is 5.84. The van der Waals surface area contributed by atoms with E-state index >= 15 is 0 Å². The van der Waals surface area contributed by atoms with E-state index in [1.165, 1.54) is 33.5 Å². The number of benzene rings is 1. The van der Waals surface area contributed by atoms with Crippen molar-refractivity contribution in [1.82, 2.24) is 0 Å². The lowest BCUT2D eigenvalue weighted by molar-refractivity contribution is 0.590. The molecule has 1 aromatic rings. The SMILES string of the molecule is CC1=C(C)[C@H](C)CN(C(C)C)c2c(C(C)C)cc(C)c(C)c21. The van der Waals surface area contributed by atoms with Crippen LogP contribution in [0.3, 0.4) is 0 Å². The zero-order valence-electron chi connectivity index (χ0n) is 16.0. The van der Waals surface area contributed by atoms with Crippen LogP contribution in [0.15, 0.2) is 11.6 Å². The van der Waals surface area contributed by atoms with Crippen molar-refractivity contribution in [2.45, 2.75) is 74.3 Å². The van der Waals surface area contributed by atoms with Crippen molar-refractivity contribution in [2.75, 3.05) is 11.4 Å². The topological polar surface area (TPSA) is 3.24 Å². The van der Waals surface area contributed by atoms with Gasteiger partial charge in [0.2, 0.25) is 0 Å². The van der Waals surface area contributed by atoms with Gasteiger partial charge in [0.15, 0.2) is 0 Å². The van der Waals surface area contributed by atoms with Crippen LogP contribution >= 0.6 is 0 Å². The molecule has 1 aliphatic heterocycles. The zero-order chi connectivity index (χ0) is 16.8. The minimum absolute atomic E-state index is 0.527. The van der Waals surface area contributed by atoms with Gasteiger partial charge in [0.1, 0.15) is 0 Å². The van der Waals surface area contributed by atoms with Crippen LogP contribution in [-0.2, 0) is 0 Å². The summed E-state index contributed by atoms with van der Waals surface area (Å²) in [5, 5.41) is 0. The van der Waals surface area contributed by atoms with Crippen LogP contribution in [0.25, 0.3) is 5.57 Å². The standard InChI is InChI=1S/C21H33N/c1-12(2)19-10-14(5)17(8)20-18(9)16(7)15(6)11-22(13(3)4)21(19)20/h10,12-13,15H,11H2,1-9H3/t15-/m1/s1. The lowest BCUT2D eigenvalue weighted by Gasteiger charge is -2.35. The molecular weight excluding hydrogens is 266 g/mol. The van der Waals surface area contributed by atoms with E-state index in [1.54, 1.807) is 5.57 Å². The fourth-order valence-corrected chi connectivity index (χ4v) is 3.70. The molecular formula is C21H33N. The maximum absolute atomic E-state index is 2.64. The molecule has 0 amide bonds. The van der Waals surface area contributed by atoms with Crippen molar-refractivity contribution < 1.29 is 0 Å². The molecule has 0 bridgehead atoms. The van der Waals surface area contributed by atoms with Gasteiger partial charge in [0.05, 0.1) is 0 Å². The monoisotopic (exact) mass is 299 g/mol. The molecule has 1 atom stereocenters. The molecule has 0 fully saturated rings. The smallest absolute Gasteiger partial charge is 0.0483 e. The molecule has 22 heavy (non-hydrogen) atoms. The lowest BCUT2D eigenvalue weighted by Crippen LogP contribution is -2.35. The van der Waals surface area contributed by atoms with E-state index in [2.05, 4.69) is 73.3 Å². The molecule has 0 N–H and O–H groups in total. The van der Waals surface area contributed by atoms with Crippen molar-refractivity contribution in [1.29, 1.82) is 0 Å². The minimum atomic E-state index is 0.527. The van der Waals surface area contributed by atoms with Gasteiger partial charge in [0.25, 0.3) is 0 Å². The summed E-state index contributed by atoms with van der Waals surface area (Å²) in [6.07, 6.45) is 0. The van der Waals surface area contributed by atoms with E-state index < -0.39 is 0 Å². The average Bonchev–Trinajstić information content (AvgIpc) is 2.53. The van der Waals surface area contributed by atoms with E-state index in [0.717, 1.165) is 6.54 Å². The second-order valence-electron chi connectivity index (χ2n) is 7.74. The number of nitrogens with zero attached hydrogens (tertiary/aromatic N) is 1. The molecule has 0 radical (unpaired) electrons. The minimum Gasteiger partial charge on any atom is -0.368 e. The Balaban J connectivity index is 2.90. The molecule has 122 valence electrons. The molecule has 1 heteroatoms. The maximum Gasteiger partial charge on any atom is 0.0483 e. The van der Waals surface area contributed by atoms with E-state index in [0.29, 0.717) is 17.9 Å². The second kappa shape index (κ2) is 6.10. The van der Waals surface area contributed by atoms with Crippen molar-refractivity contribution in [3.8, 4) is 0 Å². The number of hydrogen-bond acceptors (Lipinski definition) is 1. The van der Waals surface area contributed by atoms with Gasteiger partial charge in [0, 0.05) is 23.8 Å². The normalized spacial score (nSPS) is 19.0. The van der Waals surface area contributed by atoms with Crippen molar-refractivity contribution >= 4 is 11.3 Å². The van der Waals surface area contributed by atoms with Crippen LogP contribution in [0.4, 0.5) is 5.69 Å². The molecule has 0 saturated heterocycles. The van der Waals surface area contributed by atoms with Crippen LogP contribution in [0.5, 0.6) is 0 Å². The zero-order valence-corrected chi connectivity index (χ0v) is 16.0. The lowest BCUT2D eigenvalue weighted by atomic mass is 9.86. The quantitative estimate of drug-likeness (QED) is 0.639. The van der Waals surface area contributed by atoms with Gasteiger partial charge < -0.3 is 4.90 Å². The van der Waals surface area contributed by atoms with Gasteiger partial charge in [-0.25, -0.2) is 0 Å². The number of allylic oxidation sites excluding steroid dienone is 1. The Kier molecular flexibility index (Phi) is 4.75. The fourth-order valence-electron chi connectivity index (χ4n) is 3.70. The van der Waals surface area contributed by atoms with Gasteiger partial charge in [-0.05, 0) is 75.6 Å². The number of fused-ring (bicyclic) bond motifs is 1. The molecule has 1 heterocycles. The predicted molar refractivity (Wildman–Crippen MR) is 99.9 cm³/mol. The summed E-state index contributed by atoms with van der Waals surface area (Å²) in [7, 11) is 0.